The van der Waals surface area contributed by atoms with Crippen molar-refractivity contribution in [1.82, 2.24) is 4.98 Å². The zero-order chi connectivity index (χ0) is 19.4. The maximum absolute atomic E-state index is 3.48. The first kappa shape index (κ1) is 20.4. The van der Waals surface area contributed by atoms with Crippen LogP contribution in [0.4, 0.5) is 0 Å². The van der Waals surface area contributed by atoms with Gasteiger partial charge in [0.1, 0.15) is 0 Å². The van der Waals surface area contributed by atoms with Crippen molar-refractivity contribution in [3.8, 4) is 11.1 Å². The summed E-state index contributed by atoms with van der Waals surface area (Å²) in [6, 6.07) is 31.5. The van der Waals surface area contributed by atoms with Crippen molar-refractivity contribution in [2.75, 3.05) is 5.33 Å². The lowest BCUT2D eigenvalue weighted by atomic mass is 10.1. The summed E-state index contributed by atoms with van der Waals surface area (Å²) in [5.74, 6) is 0. The Bertz CT molecular complexity index is 858. The quantitative estimate of drug-likeness (QED) is 0.224. The summed E-state index contributed by atoms with van der Waals surface area (Å²) in [7, 11) is 0. The third-order valence-corrected chi connectivity index (χ3v) is 5.36. The first-order chi connectivity index (χ1) is 13.9. The first-order valence-corrected chi connectivity index (χ1v) is 11.2. The summed E-state index contributed by atoms with van der Waals surface area (Å²) in [6.45, 7) is 0. The molecule has 0 saturated heterocycles. The van der Waals surface area contributed by atoms with Gasteiger partial charge in [0.25, 0.3) is 0 Å². The van der Waals surface area contributed by atoms with Crippen molar-refractivity contribution in [3.05, 3.63) is 96.7 Å². The zero-order valence-corrected chi connectivity index (χ0v) is 17.9. The summed E-state index contributed by atoms with van der Waals surface area (Å²) >= 11 is 3.46. The summed E-state index contributed by atoms with van der Waals surface area (Å²) < 4.78 is 0. The van der Waals surface area contributed by atoms with E-state index in [9.17, 15) is 0 Å². The minimum atomic E-state index is 1.14. The summed E-state index contributed by atoms with van der Waals surface area (Å²) in [4.78, 5) is 3.48. The second-order valence-electron chi connectivity index (χ2n) is 6.97. The molecule has 0 saturated carbocycles. The van der Waals surface area contributed by atoms with Crippen molar-refractivity contribution in [1.29, 1.82) is 0 Å². The van der Waals surface area contributed by atoms with Crippen molar-refractivity contribution in [3.63, 3.8) is 0 Å². The molecule has 0 aliphatic heterocycles. The number of alkyl halides is 1. The van der Waals surface area contributed by atoms with E-state index in [1.807, 2.05) is 12.1 Å². The van der Waals surface area contributed by atoms with Crippen molar-refractivity contribution >= 4 is 26.8 Å². The number of aryl methyl sites for hydroxylation is 1. The molecule has 1 nitrogen and oxygen atoms in total. The molecule has 3 aromatic carbocycles. The molecule has 28 heavy (non-hydrogen) atoms. The number of fused-ring (bicyclic) bond motifs is 1. The number of para-hydroxylation sites is 1. The molecule has 0 amide bonds. The van der Waals surface area contributed by atoms with Crippen LogP contribution in [-0.2, 0) is 6.42 Å². The van der Waals surface area contributed by atoms with Gasteiger partial charge in [-0.1, -0.05) is 108 Å². The van der Waals surface area contributed by atoms with Gasteiger partial charge in [0.2, 0.25) is 0 Å². The number of rotatable bonds is 7. The lowest BCUT2D eigenvalue weighted by molar-refractivity contribution is 0.667. The third kappa shape index (κ3) is 6.38. The van der Waals surface area contributed by atoms with Gasteiger partial charge in [-0.15, -0.1) is 0 Å². The monoisotopic (exact) mass is 433 g/mol. The number of unbranched alkanes of at least 4 members (excludes halogenated alkanes) is 3. The number of H-pyrrole nitrogens is 1. The highest BCUT2D eigenvalue weighted by molar-refractivity contribution is 9.09. The van der Waals surface area contributed by atoms with Gasteiger partial charge in [0.15, 0.2) is 0 Å². The minimum Gasteiger partial charge on any atom is -0.358 e. The molecule has 2 heteroatoms. The molecule has 0 fully saturated rings. The molecular weight excluding hydrogens is 406 g/mol. The molecule has 0 radical (unpaired) electrons. The van der Waals surface area contributed by atoms with Crippen LogP contribution in [0.1, 0.15) is 31.4 Å². The predicted octanol–water partition coefficient (Wildman–Crippen LogP) is 8.02. The average Bonchev–Trinajstić information content (AvgIpc) is 3.18. The molecule has 1 aromatic heterocycles. The molecule has 4 aromatic rings. The first-order valence-electron chi connectivity index (χ1n) is 10.1. The Morgan fingerprint density at radius 1 is 0.607 bits per heavy atom. The van der Waals surface area contributed by atoms with Gasteiger partial charge in [0, 0.05) is 16.5 Å². The van der Waals surface area contributed by atoms with Gasteiger partial charge >= 0.3 is 0 Å². The van der Waals surface area contributed by atoms with Gasteiger partial charge < -0.3 is 4.98 Å². The summed E-state index contributed by atoms with van der Waals surface area (Å²) in [6.07, 6.45) is 6.44. The molecule has 1 heterocycles. The molecule has 0 aliphatic carbocycles. The van der Waals surface area contributed by atoms with Gasteiger partial charge in [-0.05, 0) is 47.9 Å². The Hall–Kier alpha value is -2.32. The molecule has 4 rings (SSSR count). The van der Waals surface area contributed by atoms with Crippen molar-refractivity contribution in [2.24, 2.45) is 0 Å². The second kappa shape index (κ2) is 11.5. The number of halogens is 1. The molecule has 1 N–H and O–H groups in total. The highest BCUT2D eigenvalue weighted by atomic mass is 79.9. The van der Waals surface area contributed by atoms with Crippen LogP contribution in [0.15, 0.2) is 91.0 Å². The molecular formula is C26H28BrN. The maximum atomic E-state index is 3.48. The molecule has 0 atom stereocenters. The number of aromatic nitrogens is 1. The molecule has 0 aliphatic rings. The van der Waals surface area contributed by atoms with E-state index in [1.54, 1.807) is 0 Å². The maximum Gasteiger partial charge on any atom is 0.0456 e. The van der Waals surface area contributed by atoms with Gasteiger partial charge in [-0.3, -0.25) is 0 Å². The van der Waals surface area contributed by atoms with Gasteiger partial charge in [-0.2, -0.15) is 0 Å². The van der Waals surface area contributed by atoms with E-state index in [2.05, 4.69) is 99.8 Å². The molecule has 0 spiro atoms. The van der Waals surface area contributed by atoms with Crippen molar-refractivity contribution < 1.29 is 0 Å². The predicted molar refractivity (Wildman–Crippen MR) is 126 cm³/mol. The van der Waals surface area contributed by atoms with Crippen LogP contribution < -0.4 is 0 Å². The standard InChI is InChI=1S/C14H18BrN.C12H10/c15-10-6-2-1-3-8-13-11-12-7-4-5-9-14(12)16-13;1-3-7-11(8-4-1)12-9-5-2-6-10-12/h4-5,7,9,11,16H,1-3,6,8,10H2;1-10H. The van der Waals surface area contributed by atoms with E-state index in [0.717, 1.165) is 5.33 Å². The lowest BCUT2D eigenvalue weighted by Crippen LogP contribution is -1.86. The van der Waals surface area contributed by atoms with Crippen LogP contribution in [0.2, 0.25) is 0 Å². The smallest absolute Gasteiger partial charge is 0.0456 e. The molecule has 0 bridgehead atoms. The van der Waals surface area contributed by atoms with Crippen LogP contribution in [0, 0.1) is 0 Å². The summed E-state index contributed by atoms with van der Waals surface area (Å²) in [5, 5.41) is 2.47. The Labute approximate surface area is 176 Å². The third-order valence-electron chi connectivity index (χ3n) is 4.80. The van der Waals surface area contributed by atoms with Crippen LogP contribution >= 0.6 is 15.9 Å². The van der Waals surface area contributed by atoms with E-state index in [-0.39, 0.29) is 0 Å². The van der Waals surface area contributed by atoms with Gasteiger partial charge in [0.05, 0.1) is 0 Å². The highest BCUT2D eigenvalue weighted by Crippen LogP contribution is 2.18. The normalized spacial score (nSPS) is 10.5. The fourth-order valence-corrected chi connectivity index (χ4v) is 3.69. The number of aromatic amines is 1. The minimum absolute atomic E-state index is 1.14. The van der Waals surface area contributed by atoms with E-state index < -0.39 is 0 Å². The number of nitrogens with one attached hydrogen (secondary N) is 1. The molecule has 0 unspecified atom stereocenters. The highest BCUT2D eigenvalue weighted by Gasteiger charge is 1.99. The Morgan fingerprint density at radius 3 is 1.79 bits per heavy atom. The second-order valence-corrected chi connectivity index (χ2v) is 7.76. The van der Waals surface area contributed by atoms with E-state index in [4.69, 9.17) is 0 Å². The Morgan fingerprint density at radius 2 is 1.18 bits per heavy atom. The number of hydrogen-bond donors (Lipinski definition) is 1. The van der Waals surface area contributed by atoms with Crippen molar-refractivity contribution in [2.45, 2.75) is 32.1 Å². The fourth-order valence-electron chi connectivity index (χ4n) is 3.29. The SMILES string of the molecule is BrCCCCCCc1cc2ccccc2[nH]1.c1ccc(-c2ccccc2)cc1. The van der Waals surface area contributed by atoms with Gasteiger partial charge in [-0.25, -0.2) is 0 Å². The largest absolute Gasteiger partial charge is 0.358 e. The van der Waals surface area contributed by atoms with E-state index in [0.29, 0.717) is 0 Å². The van der Waals surface area contributed by atoms with E-state index in [1.165, 1.54) is 59.8 Å². The lowest BCUT2D eigenvalue weighted by Gasteiger charge is -1.98. The molecule has 144 valence electrons. The van der Waals surface area contributed by atoms with E-state index >= 15 is 0 Å². The summed E-state index contributed by atoms with van der Waals surface area (Å²) in [5.41, 5.74) is 5.19. The average molecular weight is 434 g/mol. The van der Waals surface area contributed by atoms with Crippen LogP contribution in [0.5, 0.6) is 0 Å². The zero-order valence-electron chi connectivity index (χ0n) is 16.3. The van der Waals surface area contributed by atoms with Crippen LogP contribution in [-0.4, -0.2) is 10.3 Å². The Balaban J connectivity index is 0.000000167. The number of benzene rings is 3. The van der Waals surface area contributed by atoms with Crippen LogP contribution in [0.3, 0.4) is 0 Å². The Kier molecular flexibility index (Phi) is 8.39. The number of hydrogen-bond acceptors (Lipinski definition) is 0. The fraction of sp³-hybridized carbons (Fsp3) is 0.231. The topological polar surface area (TPSA) is 15.8 Å². The van der Waals surface area contributed by atoms with Crippen LogP contribution in [0.25, 0.3) is 22.0 Å².